The summed E-state index contributed by atoms with van der Waals surface area (Å²) in [5, 5.41) is 13.5. The van der Waals surface area contributed by atoms with Crippen LogP contribution in [0.4, 0.5) is 15.8 Å². The molecular formula is C17H21FN2O. The second-order valence-corrected chi connectivity index (χ2v) is 5.06. The van der Waals surface area contributed by atoms with Gasteiger partial charge in [-0.05, 0) is 37.7 Å². The number of anilines is 2. The highest BCUT2D eigenvalue weighted by Gasteiger charge is 2.12. The van der Waals surface area contributed by atoms with Crippen LogP contribution in [0.5, 0.6) is 5.75 Å². The summed E-state index contributed by atoms with van der Waals surface area (Å²) in [6.07, 6.45) is 0. The normalized spacial score (nSPS) is 12.2. The molecule has 0 spiro atoms. The first-order valence-electron chi connectivity index (χ1n) is 7.08. The topological polar surface area (TPSA) is 35.5 Å². The first kappa shape index (κ1) is 15.3. The fraction of sp³-hybridized carbons (Fsp3) is 0.294. The summed E-state index contributed by atoms with van der Waals surface area (Å²) in [4.78, 5) is 1.84. The van der Waals surface area contributed by atoms with Crippen molar-refractivity contribution in [3.8, 4) is 5.75 Å². The van der Waals surface area contributed by atoms with E-state index in [0.717, 1.165) is 23.5 Å². The number of aromatic hydroxyl groups is 1. The van der Waals surface area contributed by atoms with Crippen LogP contribution >= 0.6 is 0 Å². The smallest absolute Gasteiger partial charge is 0.125 e. The number of phenolic OH excluding ortho intramolecular Hbond substituents is 1. The number of hydrogen-bond donors (Lipinski definition) is 2. The molecule has 0 aromatic heterocycles. The van der Waals surface area contributed by atoms with E-state index in [2.05, 4.69) is 5.32 Å². The van der Waals surface area contributed by atoms with E-state index < -0.39 is 0 Å². The van der Waals surface area contributed by atoms with Crippen molar-refractivity contribution in [3.05, 3.63) is 53.8 Å². The molecular weight excluding hydrogens is 267 g/mol. The summed E-state index contributed by atoms with van der Waals surface area (Å²) in [6, 6.07) is 12.0. The van der Waals surface area contributed by atoms with E-state index in [1.807, 2.05) is 44.0 Å². The number of benzene rings is 2. The summed E-state index contributed by atoms with van der Waals surface area (Å²) < 4.78 is 13.3. The Morgan fingerprint density at radius 2 is 1.90 bits per heavy atom. The molecule has 0 heterocycles. The first-order valence-corrected chi connectivity index (χ1v) is 7.08. The molecule has 0 amide bonds. The molecule has 4 heteroatoms. The number of hydrogen-bond acceptors (Lipinski definition) is 3. The highest BCUT2D eigenvalue weighted by Crippen LogP contribution is 2.31. The molecule has 112 valence electrons. The van der Waals surface area contributed by atoms with Gasteiger partial charge < -0.3 is 15.3 Å². The maximum atomic E-state index is 13.3. The third kappa shape index (κ3) is 3.52. The summed E-state index contributed by atoms with van der Waals surface area (Å²) in [7, 11) is 1.84. The third-order valence-electron chi connectivity index (χ3n) is 3.57. The van der Waals surface area contributed by atoms with Crippen molar-refractivity contribution in [1.29, 1.82) is 0 Å². The Labute approximate surface area is 125 Å². The largest absolute Gasteiger partial charge is 0.508 e. The Balaban J connectivity index is 2.27. The minimum atomic E-state index is -0.277. The van der Waals surface area contributed by atoms with Crippen LogP contribution in [0.3, 0.4) is 0 Å². The van der Waals surface area contributed by atoms with Crippen molar-refractivity contribution >= 4 is 11.4 Å². The van der Waals surface area contributed by atoms with Crippen LogP contribution in [-0.2, 0) is 0 Å². The lowest BCUT2D eigenvalue weighted by Gasteiger charge is -2.22. The first-order chi connectivity index (χ1) is 10.0. The quantitative estimate of drug-likeness (QED) is 0.874. The maximum absolute atomic E-state index is 13.3. The highest BCUT2D eigenvalue weighted by molar-refractivity contribution is 5.64. The summed E-state index contributed by atoms with van der Waals surface area (Å²) in [5.41, 5.74) is 2.40. The molecule has 0 radical (unpaired) electrons. The van der Waals surface area contributed by atoms with Gasteiger partial charge in [0.2, 0.25) is 0 Å². The van der Waals surface area contributed by atoms with E-state index in [4.69, 9.17) is 0 Å². The van der Waals surface area contributed by atoms with Gasteiger partial charge in [-0.2, -0.15) is 0 Å². The number of nitrogens with zero attached hydrogens (tertiary/aromatic N) is 1. The van der Waals surface area contributed by atoms with E-state index in [1.165, 1.54) is 12.1 Å². The SMILES string of the molecule is CCNC(C)c1ccc(N(C)c2cccc(F)c2)cc1O. The Hall–Kier alpha value is -2.07. The maximum Gasteiger partial charge on any atom is 0.125 e. The van der Waals surface area contributed by atoms with Crippen LogP contribution in [0.2, 0.25) is 0 Å². The van der Waals surface area contributed by atoms with E-state index in [9.17, 15) is 9.50 Å². The van der Waals surface area contributed by atoms with E-state index in [-0.39, 0.29) is 17.6 Å². The van der Waals surface area contributed by atoms with Gasteiger partial charge in [0.25, 0.3) is 0 Å². The fourth-order valence-corrected chi connectivity index (χ4v) is 2.36. The molecule has 21 heavy (non-hydrogen) atoms. The molecule has 0 saturated heterocycles. The molecule has 2 rings (SSSR count). The molecule has 1 unspecified atom stereocenters. The average molecular weight is 288 g/mol. The molecule has 2 aromatic carbocycles. The van der Waals surface area contributed by atoms with E-state index in [0.29, 0.717) is 0 Å². The minimum Gasteiger partial charge on any atom is -0.508 e. The van der Waals surface area contributed by atoms with Gasteiger partial charge in [-0.25, -0.2) is 4.39 Å². The Morgan fingerprint density at radius 1 is 1.19 bits per heavy atom. The molecule has 0 saturated carbocycles. The molecule has 0 aliphatic rings. The molecule has 0 aliphatic heterocycles. The van der Waals surface area contributed by atoms with Gasteiger partial charge >= 0.3 is 0 Å². The highest BCUT2D eigenvalue weighted by atomic mass is 19.1. The molecule has 1 atom stereocenters. The second-order valence-electron chi connectivity index (χ2n) is 5.06. The van der Waals surface area contributed by atoms with Crippen LogP contribution in [0, 0.1) is 5.82 Å². The van der Waals surface area contributed by atoms with Gasteiger partial charge in [-0.3, -0.25) is 0 Å². The summed E-state index contributed by atoms with van der Waals surface area (Å²) >= 11 is 0. The predicted molar refractivity (Wildman–Crippen MR) is 84.7 cm³/mol. The van der Waals surface area contributed by atoms with Gasteiger partial charge in [0.1, 0.15) is 11.6 Å². The second kappa shape index (κ2) is 6.59. The molecule has 0 bridgehead atoms. The third-order valence-corrected chi connectivity index (χ3v) is 3.57. The predicted octanol–water partition coefficient (Wildman–Crippen LogP) is 3.97. The van der Waals surface area contributed by atoms with E-state index in [1.54, 1.807) is 12.1 Å². The summed E-state index contributed by atoms with van der Waals surface area (Å²) in [5.74, 6) is -0.0369. The van der Waals surface area contributed by atoms with Crippen molar-refractivity contribution in [1.82, 2.24) is 5.32 Å². The van der Waals surface area contributed by atoms with Crippen molar-refractivity contribution in [3.63, 3.8) is 0 Å². The van der Waals surface area contributed by atoms with Crippen molar-refractivity contribution in [2.75, 3.05) is 18.5 Å². The summed E-state index contributed by atoms with van der Waals surface area (Å²) in [6.45, 7) is 4.87. The van der Waals surface area contributed by atoms with Crippen LogP contribution in [0.1, 0.15) is 25.5 Å². The standard InChI is InChI=1S/C17H21FN2O/c1-4-19-12(2)16-9-8-15(11-17(16)21)20(3)14-7-5-6-13(18)10-14/h5-12,19,21H,4H2,1-3H3. The van der Waals surface area contributed by atoms with Crippen LogP contribution in [-0.4, -0.2) is 18.7 Å². The zero-order valence-corrected chi connectivity index (χ0v) is 12.6. The van der Waals surface area contributed by atoms with Crippen LogP contribution < -0.4 is 10.2 Å². The van der Waals surface area contributed by atoms with Crippen molar-refractivity contribution in [2.45, 2.75) is 19.9 Å². The number of rotatable bonds is 5. The minimum absolute atomic E-state index is 0.0866. The Kier molecular flexibility index (Phi) is 4.81. The van der Waals surface area contributed by atoms with E-state index >= 15 is 0 Å². The van der Waals surface area contributed by atoms with Crippen LogP contribution in [0.25, 0.3) is 0 Å². The lowest BCUT2D eigenvalue weighted by atomic mass is 10.1. The molecule has 0 aliphatic carbocycles. The van der Waals surface area contributed by atoms with Gasteiger partial charge in [-0.1, -0.05) is 19.1 Å². The van der Waals surface area contributed by atoms with Gasteiger partial charge in [-0.15, -0.1) is 0 Å². The number of nitrogens with one attached hydrogen (secondary N) is 1. The molecule has 0 fully saturated rings. The number of phenols is 1. The lowest BCUT2D eigenvalue weighted by Crippen LogP contribution is -2.18. The van der Waals surface area contributed by atoms with Crippen LogP contribution in [0.15, 0.2) is 42.5 Å². The Bertz CT molecular complexity index is 615. The monoisotopic (exact) mass is 288 g/mol. The number of halogens is 1. The van der Waals surface area contributed by atoms with Crippen molar-refractivity contribution in [2.24, 2.45) is 0 Å². The fourth-order valence-electron chi connectivity index (χ4n) is 2.36. The molecule has 3 nitrogen and oxygen atoms in total. The molecule has 2 N–H and O–H groups in total. The zero-order chi connectivity index (χ0) is 15.4. The lowest BCUT2D eigenvalue weighted by molar-refractivity contribution is 0.455. The van der Waals surface area contributed by atoms with Crippen molar-refractivity contribution < 1.29 is 9.50 Å². The van der Waals surface area contributed by atoms with Gasteiger partial charge in [0, 0.05) is 36.1 Å². The average Bonchev–Trinajstić information content (AvgIpc) is 2.46. The molecule has 2 aromatic rings. The zero-order valence-electron chi connectivity index (χ0n) is 12.6. The van der Waals surface area contributed by atoms with Gasteiger partial charge in [0.15, 0.2) is 0 Å². The van der Waals surface area contributed by atoms with Gasteiger partial charge in [0.05, 0.1) is 0 Å². The Morgan fingerprint density at radius 3 is 2.52 bits per heavy atom.